The summed E-state index contributed by atoms with van der Waals surface area (Å²) in [5.74, 6) is 0.219. The van der Waals surface area contributed by atoms with Crippen LogP contribution < -0.4 is 0 Å². The standard InChI is InChI=1S/C15H9Br2NO3S/c16-11-4-2-1-3-9(11)8-18-14(19)12(22-15(18)20)7-10-5-6-13(17)21-10/h1-7H,8H2/b12-7-. The zero-order valence-electron chi connectivity index (χ0n) is 11.1. The number of amides is 2. The van der Waals surface area contributed by atoms with Crippen molar-refractivity contribution >= 4 is 60.8 Å². The van der Waals surface area contributed by atoms with Crippen molar-refractivity contribution in [2.45, 2.75) is 6.54 Å². The van der Waals surface area contributed by atoms with Crippen LogP contribution in [0.15, 0.2) is 54.9 Å². The summed E-state index contributed by atoms with van der Waals surface area (Å²) in [7, 11) is 0. The first-order valence-corrected chi connectivity index (χ1v) is 8.69. The van der Waals surface area contributed by atoms with E-state index < -0.39 is 0 Å². The largest absolute Gasteiger partial charge is 0.450 e. The van der Waals surface area contributed by atoms with Crippen LogP contribution in [0.5, 0.6) is 0 Å². The molecule has 22 heavy (non-hydrogen) atoms. The third-order valence-corrected chi connectivity index (χ3v) is 5.13. The maximum Gasteiger partial charge on any atom is 0.293 e. The van der Waals surface area contributed by atoms with Gasteiger partial charge in [0, 0.05) is 10.5 Å². The predicted octanol–water partition coefficient (Wildman–Crippen LogP) is 5.04. The molecule has 0 bridgehead atoms. The molecule has 7 heteroatoms. The molecule has 0 saturated carbocycles. The van der Waals surface area contributed by atoms with E-state index in [1.807, 2.05) is 24.3 Å². The van der Waals surface area contributed by atoms with E-state index in [9.17, 15) is 9.59 Å². The Kier molecular flexibility index (Phi) is 4.56. The van der Waals surface area contributed by atoms with Crippen molar-refractivity contribution in [2.75, 3.05) is 0 Å². The second-order valence-corrected chi connectivity index (χ2v) is 7.13. The second-order valence-electron chi connectivity index (χ2n) is 4.50. The Hall–Kier alpha value is -1.31. The Bertz CT molecular complexity index is 785. The molecule has 0 unspecified atom stereocenters. The quantitative estimate of drug-likeness (QED) is 0.624. The molecule has 112 valence electrons. The van der Waals surface area contributed by atoms with E-state index in [2.05, 4.69) is 31.9 Å². The van der Waals surface area contributed by atoms with Crippen LogP contribution in [-0.2, 0) is 11.3 Å². The number of benzene rings is 1. The van der Waals surface area contributed by atoms with Crippen LogP contribution in [-0.4, -0.2) is 16.0 Å². The van der Waals surface area contributed by atoms with Crippen LogP contribution in [0.3, 0.4) is 0 Å². The Morgan fingerprint density at radius 3 is 2.59 bits per heavy atom. The molecule has 0 spiro atoms. The molecule has 1 aromatic carbocycles. The third kappa shape index (κ3) is 3.21. The van der Waals surface area contributed by atoms with Crippen molar-refractivity contribution in [1.29, 1.82) is 0 Å². The molecule has 3 rings (SSSR count). The molecular formula is C15H9Br2NO3S. The Morgan fingerprint density at radius 2 is 1.91 bits per heavy atom. The highest BCUT2D eigenvalue weighted by atomic mass is 79.9. The van der Waals surface area contributed by atoms with E-state index in [-0.39, 0.29) is 17.7 Å². The maximum absolute atomic E-state index is 12.4. The van der Waals surface area contributed by atoms with Gasteiger partial charge in [0.1, 0.15) is 5.76 Å². The number of imide groups is 1. The van der Waals surface area contributed by atoms with E-state index in [0.29, 0.717) is 15.3 Å². The fourth-order valence-corrected chi connectivity index (χ4v) is 3.52. The van der Waals surface area contributed by atoms with Gasteiger partial charge >= 0.3 is 0 Å². The van der Waals surface area contributed by atoms with Gasteiger partial charge in [0.2, 0.25) is 0 Å². The Balaban J connectivity index is 1.83. The van der Waals surface area contributed by atoms with Gasteiger partial charge in [-0.2, -0.15) is 0 Å². The molecule has 0 atom stereocenters. The molecule has 2 aromatic rings. The van der Waals surface area contributed by atoms with Gasteiger partial charge in [0.25, 0.3) is 11.1 Å². The highest BCUT2D eigenvalue weighted by Crippen LogP contribution is 2.34. The lowest BCUT2D eigenvalue weighted by molar-refractivity contribution is -0.123. The molecule has 1 fully saturated rings. The summed E-state index contributed by atoms with van der Waals surface area (Å²) in [6.45, 7) is 0.241. The third-order valence-electron chi connectivity index (χ3n) is 3.03. The number of halogens is 2. The van der Waals surface area contributed by atoms with E-state index in [0.717, 1.165) is 21.8 Å². The van der Waals surface area contributed by atoms with Crippen molar-refractivity contribution < 1.29 is 14.0 Å². The zero-order chi connectivity index (χ0) is 15.7. The Morgan fingerprint density at radius 1 is 1.14 bits per heavy atom. The predicted molar refractivity (Wildman–Crippen MR) is 92.1 cm³/mol. The van der Waals surface area contributed by atoms with E-state index >= 15 is 0 Å². The minimum Gasteiger partial charge on any atom is -0.450 e. The average Bonchev–Trinajstić information content (AvgIpc) is 3.00. The molecule has 2 heterocycles. The second kappa shape index (κ2) is 6.44. The number of carbonyl (C=O) groups is 2. The van der Waals surface area contributed by atoms with Crippen LogP contribution >= 0.6 is 43.6 Å². The first-order chi connectivity index (χ1) is 10.5. The van der Waals surface area contributed by atoms with Gasteiger partial charge in [0.05, 0.1) is 11.4 Å². The van der Waals surface area contributed by atoms with Crippen molar-refractivity contribution in [3.63, 3.8) is 0 Å². The van der Waals surface area contributed by atoms with Gasteiger partial charge in [0.15, 0.2) is 4.67 Å². The van der Waals surface area contributed by atoms with E-state index in [4.69, 9.17) is 4.42 Å². The smallest absolute Gasteiger partial charge is 0.293 e. The molecule has 1 saturated heterocycles. The van der Waals surface area contributed by atoms with Crippen LogP contribution in [0.4, 0.5) is 4.79 Å². The summed E-state index contributed by atoms with van der Waals surface area (Å²) in [5.41, 5.74) is 0.881. The molecule has 4 nitrogen and oxygen atoms in total. The first kappa shape index (κ1) is 15.6. The summed E-state index contributed by atoms with van der Waals surface area (Å²) in [6.07, 6.45) is 1.58. The summed E-state index contributed by atoms with van der Waals surface area (Å²) in [4.78, 5) is 26.1. The molecule has 2 amide bonds. The van der Waals surface area contributed by atoms with Crippen LogP contribution in [0.25, 0.3) is 6.08 Å². The van der Waals surface area contributed by atoms with Gasteiger partial charge < -0.3 is 4.42 Å². The lowest BCUT2D eigenvalue weighted by atomic mass is 10.2. The van der Waals surface area contributed by atoms with Gasteiger partial charge in [-0.1, -0.05) is 34.1 Å². The van der Waals surface area contributed by atoms with E-state index in [1.165, 1.54) is 4.90 Å². The van der Waals surface area contributed by atoms with Crippen molar-refractivity contribution in [2.24, 2.45) is 0 Å². The highest BCUT2D eigenvalue weighted by molar-refractivity contribution is 9.10. The van der Waals surface area contributed by atoms with Crippen LogP contribution in [0.2, 0.25) is 0 Å². The molecule has 1 aliphatic heterocycles. The number of thioether (sulfide) groups is 1. The first-order valence-electron chi connectivity index (χ1n) is 6.29. The van der Waals surface area contributed by atoms with Crippen LogP contribution in [0, 0.1) is 0 Å². The Labute approximate surface area is 147 Å². The van der Waals surface area contributed by atoms with Gasteiger partial charge in [-0.15, -0.1) is 0 Å². The topological polar surface area (TPSA) is 50.5 Å². The minimum absolute atomic E-state index is 0.241. The number of hydrogen-bond acceptors (Lipinski definition) is 4. The highest BCUT2D eigenvalue weighted by Gasteiger charge is 2.35. The summed E-state index contributed by atoms with van der Waals surface area (Å²) in [5, 5.41) is -0.280. The SMILES string of the molecule is O=C1S/C(=C\c2ccc(Br)o2)C(=O)N1Cc1ccccc1Br. The number of carbonyl (C=O) groups excluding carboxylic acids is 2. The molecule has 1 aliphatic rings. The van der Waals surface area contributed by atoms with Gasteiger partial charge in [-0.3, -0.25) is 14.5 Å². The molecule has 1 aromatic heterocycles. The monoisotopic (exact) mass is 441 g/mol. The molecular weight excluding hydrogens is 434 g/mol. The number of furan rings is 1. The number of rotatable bonds is 3. The molecule has 0 N–H and O–H groups in total. The zero-order valence-corrected chi connectivity index (χ0v) is 15.1. The van der Waals surface area contributed by atoms with Gasteiger partial charge in [-0.25, -0.2) is 0 Å². The lowest BCUT2D eigenvalue weighted by Crippen LogP contribution is -2.27. The number of hydrogen-bond donors (Lipinski definition) is 0. The lowest BCUT2D eigenvalue weighted by Gasteiger charge is -2.13. The molecule has 0 aliphatic carbocycles. The van der Waals surface area contributed by atoms with Crippen LogP contribution in [0.1, 0.15) is 11.3 Å². The summed E-state index contributed by atoms with van der Waals surface area (Å²) in [6, 6.07) is 11.0. The summed E-state index contributed by atoms with van der Waals surface area (Å²) >= 11 is 7.55. The maximum atomic E-state index is 12.4. The van der Waals surface area contributed by atoms with Gasteiger partial charge in [-0.05, 0) is 51.5 Å². The minimum atomic E-state index is -0.307. The van der Waals surface area contributed by atoms with E-state index in [1.54, 1.807) is 18.2 Å². The normalized spacial score (nSPS) is 16.8. The van der Waals surface area contributed by atoms with Crippen molar-refractivity contribution in [3.8, 4) is 0 Å². The average molecular weight is 443 g/mol. The fourth-order valence-electron chi connectivity index (χ4n) is 1.97. The van der Waals surface area contributed by atoms with Crippen molar-refractivity contribution in [3.05, 3.63) is 61.8 Å². The number of nitrogens with zero attached hydrogens (tertiary/aromatic N) is 1. The molecule has 0 radical (unpaired) electrons. The van der Waals surface area contributed by atoms with Crippen molar-refractivity contribution in [1.82, 2.24) is 4.90 Å². The fraction of sp³-hybridized carbons (Fsp3) is 0.0667. The summed E-state index contributed by atoms with van der Waals surface area (Å²) < 4.78 is 6.78.